The summed E-state index contributed by atoms with van der Waals surface area (Å²) in [6.07, 6.45) is 0. The number of aromatic nitrogens is 4. The number of tetrazole rings is 1. The molecule has 0 aliphatic heterocycles. The molecule has 1 aromatic rings. The molecule has 1 heterocycles. The van der Waals surface area contributed by atoms with Gasteiger partial charge in [-0.3, -0.25) is 0 Å². The summed E-state index contributed by atoms with van der Waals surface area (Å²) in [4.78, 5) is 2.79. The average molecular weight is 112 g/mol. The summed E-state index contributed by atoms with van der Waals surface area (Å²) in [5.74, 6) is 0. The minimum Gasteiger partial charge on any atom is -0.542 e. The Morgan fingerprint density at radius 1 is 1.88 bits per heavy atom. The lowest BCUT2D eigenvalue weighted by Crippen LogP contribution is -2.17. The molecule has 0 amide bonds. The van der Waals surface area contributed by atoms with Crippen LogP contribution in [0.1, 0.15) is 0 Å². The lowest BCUT2D eigenvalue weighted by Gasteiger charge is -1.69. The first-order valence-corrected chi connectivity index (χ1v) is 1.97. The van der Waals surface area contributed by atoms with Crippen LogP contribution in [0.25, 0.3) is 5.53 Å². The largest absolute Gasteiger partial charge is 0.542 e. The van der Waals surface area contributed by atoms with Crippen LogP contribution >= 0.6 is 0 Å². The monoisotopic (exact) mass is 112 g/mol. The minimum absolute atomic E-state index is 0.157. The second-order valence-corrected chi connectivity index (χ2v) is 1.26. The maximum Gasteiger partial charge on any atom is 0.514 e. The maximum absolute atomic E-state index is 8.09. The van der Waals surface area contributed by atoms with Gasteiger partial charge in [0.2, 0.25) is 0 Å². The standard InChI is InChI=1S/C2H4N6/c1-8-2(4-3)5-6-7-8/h1H3,(H,5,7). The Morgan fingerprint density at radius 2 is 2.62 bits per heavy atom. The van der Waals surface area contributed by atoms with Crippen LogP contribution in [0.2, 0.25) is 0 Å². The van der Waals surface area contributed by atoms with Gasteiger partial charge < -0.3 is 10.3 Å². The molecule has 1 aromatic heterocycles. The van der Waals surface area contributed by atoms with Crippen LogP contribution in [0.5, 0.6) is 0 Å². The second kappa shape index (κ2) is 1.59. The third-order valence-electron chi connectivity index (χ3n) is 0.724. The van der Waals surface area contributed by atoms with Crippen molar-refractivity contribution in [2.75, 3.05) is 0 Å². The van der Waals surface area contributed by atoms with Gasteiger partial charge in [-0.25, -0.2) is 0 Å². The Kier molecular flexibility index (Phi) is 0.940. The molecule has 8 heavy (non-hydrogen) atoms. The van der Waals surface area contributed by atoms with E-state index in [-0.39, 0.29) is 5.62 Å². The smallest absolute Gasteiger partial charge is 0.514 e. The van der Waals surface area contributed by atoms with Crippen LogP contribution in [0, 0.1) is 0 Å². The average Bonchev–Trinajstić information content (AvgIpc) is 2.14. The van der Waals surface area contributed by atoms with Crippen molar-refractivity contribution in [2.24, 2.45) is 7.05 Å². The molecule has 1 N–H and O–H groups in total. The Bertz CT molecular complexity index is 247. The Morgan fingerprint density at radius 3 is 2.88 bits per heavy atom. The van der Waals surface area contributed by atoms with Gasteiger partial charge >= 0.3 is 5.62 Å². The van der Waals surface area contributed by atoms with Crippen LogP contribution in [-0.4, -0.2) is 25.0 Å². The first kappa shape index (κ1) is 4.73. The van der Waals surface area contributed by atoms with Crippen molar-refractivity contribution in [1.29, 1.82) is 0 Å². The summed E-state index contributed by atoms with van der Waals surface area (Å²) in [7, 11) is 1.63. The molecule has 0 saturated carbocycles. The molecule has 0 spiro atoms. The molecule has 0 unspecified atom stereocenters. The normalized spacial score (nSPS) is 8.62. The number of rotatable bonds is 0. The van der Waals surface area contributed by atoms with Crippen molar-refractivity contribution in [3.63, 3.8) is 0 Å². The molecule has 0 atom stereocenters. The van der Waals surface area contributed by atoms with Crippen LogP contribution in [-0.2, 0) is 7.05 Å². The molecule has 0 aliphatic rings. The molecule has 0 aliphatic carbocycles. The second-order valence-electron chi connectivity index (χ2n) is 1.26. The van der Waals surface area contributed by atoms with Crippen LogP contribution in [0.3, 0.4) is 0 Å². The highest BCUT2D eigenvalue weighted by atomic mass is 15.5. The Hall–Kier alpha value is -1.42. The minimum atomic E-state index is 0.157. The molecule has 6 heteroatoms. The molecule has 0 bridgehead atoms. The van der Waals surface area contributed by atoms with E-state index in [1.807, 2.05) is 0 Å². The van der Waals surface area contributed by atoms with Gasteiger partial charge in [0, 0.05) is 5.21 Å². The van der Waals surface area contributed by atoms with Gasteiger partial charge in [-0.05, 0) is 0 Å². The number of nitrogens with zero attached hydrogens (tertiary/aromatic N) is 5. The van der Waals surface area contributed by atoms with E-state index in [1.54, 1.807) is 7.05 Å². The lowest BCUT2D eigenvalue weighted by atomic mass is 11.1. The summed E-state index contributed by atoms with van der Waals surface area (Å²) < 4.78 is 1.38. The van der Waals surface area contributed by atoms with E-state index >= 15 is 0 Å². The zero-order chi connectivity index (χ0) is 5.98. The fourth-order valence-corrected chi connectivity index (χ4v) is 0.333. The van der Waals surface area contributed by atoms with Gasteiger partial charge in [0.05, 0.1) is 12.1 Å². The van der Waals surface area contributed by atoms with Crippen LogP contribution < -0.4 is 5.62 Å². The number of aromatic amines is 1. The van der Waals surface area contributed by atoms with E-state index in [2.05, 4.69) is 20.3 Å². The Labute approximate surface area is 44.4 Å². The van der Waals surface area contributed by atoms with Crippen molar-refractivity contribution < 1.29 is 4.79 Å². The van der Waals surface area contributed by atoms with E-state index in [1.165, 1.54) is 4.68 Å². The highest BCUT2D eigenvalue weighted by molar-refractivity contribution is 4.31. The highest BCUT2D eigenvalue weighted by Gasteiger charge is 1.95. The van der Waals surface area contributed by atoms with Crippen LogP contribution in [0.15, 0.2) is 0 Å². The van der Waals surface area contributed by atoms with Crippen molar-refractivity contribution in [2.45, 2.75) is 0 Å². The molecular formula is C2H4N6. The first-order chi connectivity index (χ1) is 3.84. The third kappa shape index (κ3) is 0.524. The van der Waals surface area contributed by atoms with Crippen molar-refractivity contribution >= 4 is 0 Å². The maximum atomic E-state index is 8.09. The molecule has 1 rings (SSSR count). The zero-order valence-electron chi connectivity index (χ0n) is 4.24. The Balaban J connectivity index is 3.54. The molecule has 0 saturated heterocycles. The van der Waals surface area contributed by atoms with Gasteiger partial charge in [-0.2, -0.15) is 0 Å². The predicted molar refractivity (Wildman–Crippen MR) is 22.1 cm³/mol. The molecule has 0 radical (unpaired) electrons. The van der Waals surface area contributed by atoms with Gasteiger partial charge in [0.1, 0.15) is 0 Å². The number of hydrogen-bond donors (Lipinski definition) is 1. The van der Waals surface area contributed by atoms with E-state index in [9.17, 15) is 0 Å². The van der Waals surface area contributed by atoms with E-state index in [0.717, 1.165) is 0 Å². The van der Waals surface area contributed by atoms with Crippen molar-refractivity contribution in [3.8, 4) is 0 Å². The molecule has 42 valence electrons. The number of hydrogen-bond acceptors (Lipinski definition) is 2. The summed E-state index contributed by atoms with van der Waals surface area (Å²) in [5.41, 5.74) is 8.25. The molecular weight excluding hydrogens is 108 g/mol. The summed E-state index contributed by atoms with van der Waals surface area (Å²) in [6, 6.07) is 0. The number of aryl methyl sites for hydroxylation is 1. The van der Waals surface area contributed by atoms with E-state index in [4.69, 9.17) is 5.53 Å². The quantitative estimate of drug-likeness (QED) is 0.319. The topological polar surface area (TPSA) is 82.9 Å². The third-order valence-corrected chi connectivity index (χ3v) is 0.724. The number of H-pyrrole nitrogens is 1. The fourth-order valence-electron chi connectivity index (χ4n) is 0.333. The summed E-state index contributed by atoms with van der Waals surface area (Å²) >= 11 is 0. The van der Waals surface area contributed by atoms with Gasteiger partial charge in [0.25, 0.3) is 0 Å². The van der Waals surface area contributed by atoms with Gasteiger partial charge in [-0.15, -0.1) is 9.90 Å². The SMILES string of the molecule is Cn1[nH]nnc1=[N+]=[N-]. The summed E-state index contributed by atoms with van der Waals surface area (Å²) in [5, 5.41) is 9.12. The van der Waals surface area contributed by atoms with Crippen LogP contribution in [0.4, 0.5) is 0 Å². The van der Waals surface area contributed by atoms with Gasteiger partial charge in [0.15, 0.2) is 0 Å². The van der Waals surface area contributed by atoms with Crippen molar-refractivity contribution in [3.05, 3.63) is 11.1 Å². The molecule has 0 fully saturated rings. The van der Waals surface area contributed by atoms with E-state index < -0.39 is 0 Å². The fraction of sp³-hybridized carbons (Fsp3) is 0.500. The predicted octanol–water partition coefficient (Wildman–Crippen LogP) is -1.73. The lowest BCUT2D eigenvalue weighted by molar-refractivity contribution is -0.0846. The summed E-state index contributed by atoms with van der Waals surface area (Å²) in [6.45, 7) is 0. The molecule has 0 aromatic carbocycles. The van der Waals surface area contributed by atoms with Crippen molar-refractivity contribution in [1.82, 2.24) is 20.2 Å². The van der Waals surface area contributed by atoms with E-state index in [0.29, 0.717) is 0 Å². The van der Waals surface area contributed by atoms with Gasteiger partial charge in [-0.1, -0.05) is 0 Å². The molecule has 6 nitrogen and oxygen atoms in total. The zero-order valence-corrected chi connectivity index (χ0v) is 4.24. The number of nitrogens with one attached hydrogen (secondary N) is 1. The highest BCUT2D eigenvalue weighted by Crippen LogP contribution is 1.46. The first-order valence-electron chi connectivity index (χ1n) is 1.97.